The molecule has 1 atom stereocenters. The molecule has 3 N–H and O–H groups in total. The Bertz CT molecular complexity index is 662. The van der Waals surface area contributed by atoms with Crippen LogP contribution in [0.4, 0.5) is 5.69 Å². The minimum atomic E-state index is 0.134. The zero-order valence-electron chi connectivity index (χ0n) is 11.3. The summed E-state index contributed by atoms with van der Waals surface area (Å²) in [5.74, 6) is 0. The molecular formula is C18H18N2. The summed E-state index contributed by atoms with van der Waals surface area (Å²) in [7, 11) is 0. The molecule has 1 aromatic rings. The first-order valence-corrected chi connectivity index (χ1v) is 6.75. The smallest absolute Gasteiger partial charge is 0.0844 e. The number of rotatable bonds is 5. The van der Waals surface area contributed by atoms with Gasteiger partial charge in [-0.3, -0.25) is 0 Å². The van der Waals surface area contributed by atoms with Gasteiger partial charge in [-0.15, -0.1) is 0 Å². The van der Waals surface area contributed by atoms with Crippen molar-refractivity contribution in [3.8, 4) is 0 Å². The van der Waals surface area contributed by atoms with E-state index in [4.69, 9.17) is 5.73 Å². The summed E-state index contributed by atoms with van der Waals surface area (Å²) in [5.41, 5.74) is 10.1. The van der Waals surface area contributed by atoms with Gasteiger partial charge in [0.2, 0.25) is 0 Å². The molecule has 1 unspecified atom stereocenters. The van der Waals surface area contributed by atoms with Crippen LogP contribution in [-0.4, -0.2) is 5.54 Å². The van der Waals surface area contributed by atoms with Crippen molar-refractivity contribution in [2.45, 2.75) is 12.0 Å². The van der Waals surface area contributed by atoms with E-state index < -0.39 is 0 Å². The van der Waals surface area contributed by atoms with Crippen molar-refractivity contribution in [3.63, 3.8) is 0 Å². The van der Waals surface area contributed by atoms with Gasteiger partial charge in [0.05, 0.1) is 5.54 Å². The van der Waals surface area contributed by atoms with E-state index in [1.807, 2.05) is 48.7 Å². The molecule has 100 valence electrons. The molecule has 0 bridgehead atoms. The number of nitrogens with one attached hydrogen (secondary N) is 1. The number of fused-ring (bicyclic) bond motifs is 1. The van der Waals surface area contributed by atoms with Gasteiger partial charge in [0.1, 0.15) is 0 Å². The number of hydrogen-bond acceptors (Lipinski definition) is 2. The number of nitrogen functional groups attached to an aromatic ring is 1. The molecular weight excluding hydrogens is 244 g/mol. The maximum Gasteiger partial charge on any atom is 0.0844 e. The SMILES string of the molecule is C=C(/C=C\C=C/NC12C=C1C=CC2)c1cccc(N)c1. The van der Waals surface area contributed by atoms with Gasteiger partial charge in [-0.05, 0) is 53.6 Å². The lowest BCUT2D eigenvalue weighted by Crippen LogP contribution is -2.27. The van der Waals surface area contributed by atoms with Gasteiger partial charge in [-0.2, -0.15) is 0 Å². The molecule has 20 heavy (non-hydrogen) atoms. The highest BCUT2D eigenvalue weighted by atomic mass is 15.0. The molecule has 1 aromatic carbocycles. The standard InChI is InChI=1S/C18H18N2/c1-14(15-7-4-9-17(19)12-15)6-2-3-11-20-18-10-5-8-16(18)13-18/h2-9,11-13,20H,1,10,19H2/b6-2-,11-3-. The van der Waals surface area contributed by atoms with Crippen molar-refractivity contribution in [2.75, 3.05) is 5.73 Å². The van der Waals surface area contributed by atoms with Crippen LogP contribution in [0.3, 0.4) is 0 Å². The van der Waals surface area contributed by atoms with Crippen LogP contribution >= 0.6 is 0 Å². The quantitative estimate of drug-likeness (QED) is 0.628. The number of allylic oxidation sites excluding steroid dienone is 4. The predicted molar refractivity (Wildman–Crippen MR) is 85.9 cm³/mol. The Hall–Kier alpha value is -2.48. The Morgan fingerprint density at radius 3 is 2.95 bits per heavy atom. The van der Waals surface area contributed by atoms with E-state index in [9.17, 15) is 0 Å². The molecule has 2 aliphatic rings. The van der Waals surface area contributed by atoms with Crippen molar-refractivity contribution in [1.82, 2.24) is 5.32 Å². The third-order valence-corrected chi connectivity index (χ3v) is 3.67. The summed E-state index contributed by atoms with van der Waals surface area (Å²) < 4.78 is 0. The second-order valence-electron chi connectivity index (χ2n) is 5.19. The fourth-order valence-corrected chi connectivity index (χ4v) is 2.42. The van der Waals surface area contributed by atoms with Gasteiger partial charge in [0.15, 0.2) is 0 Å². The average Bonchev–Trinajstić information content (AvgIpc) is 2.99. The normalized spacial score (nSPS) is 23.1. The lowest BCUT2D eigenvalue weighted by molar-refractivity contribution is 0.642. The van der Waals surface area contributed by atoms with Crippen LogP contribution in [-0.2, 0) is 0 Å². The second kappa shape index (κ2) is 4.89. The molecule has 0 radical (unpaired) electrons. The number of nitrogens with two attached hydrogens (primary N) is 1. The zero-order valence-corrected chi connectivity index (χ0v) is 11.3. The fourth-order valence-electron chi connectivity index (χ4n) is 2.42. The maximum atomic E-state index is 5.76. The summed E-state index contributed by atoms with van der Waals surface area (Å²) in [5, 5.41) is 3.42. The summed E-state index contributed by atoms with van der Waals surface area (Å²) in [6, 6.07) is 7.75. The number of hydrogen-bond donors (Lipinski definition) is 2. The van der Waals surface area contributed by atoms with Crippen LogP contribution in [0.2, 0.25) is 0 Å². The van der Waals surface area contributed by atoms with E-state index in [2.05, 4.69) is 30.1 Å². The predicted octanol–water partition coefficient (Wildman–Crippen LogP) is 3.58. The van der Waals surface area contributed by atoms with Gasteiger partial charge in [-0.25, -0.2) is 0 Å². The van der Waals surface area contributed by atoms with E-state index in [-0.39, 0.29) is 5.54 Å². The molecule has 3 rings (SSSR count). The molecule has 2 nitrogen and oxygen atoms in total. The average molecular weight is 262 g/mol. The first kappa shape index (κ1) is 12.5. The third-order valence-electron chi connectivity index (χ3n) is 3.67. The number of anilines is 1. The van der Waals surface area contributed by atoms with Crippen LogP contribution < -0.4 is 11.1 Å². The highest BCUT2D eigenvalue weighted by Crippen LogP contribution is 2.43. The van der Waals surface area contributed by atoms with E-state index >= 15 is 0 Å². The van der Waals surface area contributed by atoms with Crippen LogP contribution in [0.15, 0.2) is 79.1 Å². The highest BCUT2D eigenvalue weighted by molar-refractivity contribution is 5.74. The first-order valence-electron chi connectivity index (χ1n) is 6.75. The van der Waals surface area contributed by atoms with Crippen molar-refractivity contribution in [2.24, 2.45) is 0 Å². The first-order chi connectivity index (χ1) is 9.70. The molecule has 0 saturated carbocycles. The monoisotopic (exact) mass is 262 g/mol. The molecule has 0 saturated heterocycles. The van der Waals surface area contributed by atoms with Crippen molar-refractivity contribution >= 4 is 11.3 Å². The third kappa shape index (κ3) is 2.45. The van der Waals surface area contributed by atoms with Crippen molar-refractivity contribution < 1.29 is 0 Å². The Morgan fingerprint density at radius 2 is 2.25 bits per heavy atom. The second-order valence-corrected chi connectivity index (χ2v) is 5.19. The molecule has 0 spiro atoms. The Balaban J connectivity index is 1.52. The summed E-state index contributed by atoms with van der Waals surface area (Å²) in [4.78, 5) is 0. The molecule has 0 heterocycles. The minimum absolute atomic E-state index is 0.134. The van der Waals surface area contributed by atoms with Crippen LogP contribution in [0.25, 0.3) is 5.57 Å². The summed E-state index contributed by atoms with van der Waals surface area (Å²) in [6.07, 6.45) is 15.7. The fraction of sp³-hybridized carbons (Fsp3) is 0.111. The molecule has 0 fully saturated rings. The Labute approximate surface area is 119 Å². The summed E-state index contributed by atoms with van der Waals surface area (Å²) in [6.45, 7) is 4.05. The van der Waals surface area contributed by atoms with E-state index in [0.29, 0.717) is 0 Å². The molecule has 2 heteroatoms. The minimum Gasteiger partial charge on any atom is -0.399 e. The lowest BCUT2D eigenvalue weighted by Gasteiger charge is -2.12. The van der Waals surface area contributed by atoms with E-state index in [1.165, 1.54) is 5.57 Å². The Morgan fingerprint density at radius 1 is 1.35 bits per heavy atom. The van der Waals surface area contributed by atoms with Gasteiger partial charge in [0.25, 0.3) is 0 Å². The molecule has 0 aliphatic heterocycles. The number of benzene rings is 1. The van der Waals surface area contributed by atoms with Crippen LogP contribution in [0.1, 0.15) is 12.0 Å². The van der Waals surface area contributed by atoms with Crippen molar-refractivity contribution in [3.05, 3.63) is 84.6 Å². The topological polar surface area (TPSA) is 38.0 Å². The van der Waals surface area contributed by atoms with E-state index in [0.717, 1.165) is 23.2 Å². The van der Waals surface area contributed by atoms with Gasteiger partial charge >= 0.3 is 0 Å². The molecule has 2 aliphatic carbocycles. The maximum absolute atomic E-state index is 5.76. The van der Waals surface area contributed by atoms with Gasteiger partial charge in [-0.1, -0.05) is 43.0 Å². The largest absolute Gasteiger partial charge is 0.399 e. The van der Waals surface area contributed by atoms with Crippen LogP contribution in [0.5, 0.6) is 0 Å². The van der Waals surface area contributed by atoms with Gasteiger partial charge in [0, 0.05) is 5.69 Å². The lowest BCUT2D eigenvalue weighted by atomic mass is 10.1. The zero-order chi connectivity index (χ0) is 14.0. The van der Waals surface area contributed by atoms with Gasteiger partial charge < -0.3 is 11.1 Å². The highest BCUT2D eigenvalue weighted by Gasteiger charge is 2.43. The molecule has 0 aromatic heterocycles. The van der Waals surface area contributed by atoms with Crippen molar-refractivity contribution in [1.29, 1.82) is 0 Å². The molecule has 0 amide bonds. The van der Waals surface area contributed by atoms with E-state index in [1.54, 1.807) is 0 Å². The van der Waals surface area contributed by atoms with Crippen LogP contribution in [0, 0.1) is 0 Å². The Kier molecular flexibility index (Phi) is 3.07. The summed E-state index contributed by atoms with van der Waals surface area (Å²) >= 11 is 0.